The minimum atomic E-state index is -0.483. The molecule has 4 aliphatic carbocycles. The summed E-state index contributed by atoms with van der Waals surface area (Å²) >= 11 is 0. The Balaban J connectivity index is 1.75. The molecule has 0 heterocycles. The number of hydrogen-bond acceptors (Lipinski definition) is 4. The van der Waals surface area contributed by atoms with Crippen molar-refractivity contribution in [2.24, 2.45) is 34.5 Å². The smallest absolute Gasteiger partial charge is 0.309 e. The lowest BCUT2D eigenvalue weighted by molar-refractivity contribution is -0.178. The van der Waals surface area contributed by atoms with Gasteiger partial charge in [0, 0.05) is 5.41 Å². The van der Waals surface area contributed by atoms with Gasteiger partial charge in [0.15, 0.2) is 5.78 Å². The van der Waals surface area contributed by atoms with E-state index < -0.39 is 6.10 Å². The second-order valence-electron chi connectivity index (χ2n) is 8.92. The van der Waals surface area contributed by atoms with Gasteiger partial charge in [0.2, 0.25) is 0 Å². The van der Waals surface area contributed by atoms with Crippen LogP contribution in [0.3, 0.4) is 0 Å². The summed E-state index contributed by atoms with van der Waals surface area (Å²) in [4.78, 5) is 25.4. The van der Waals surface area contributed by atoms with Crippen LogP contribution >= 0.6 is 0 Å². The number of aliphatic hydroxyl groups excluding tert-OH is 1. The number of ketones is 1. The average Bonchev–Trinajstić information content (AvgIpc) is 2.73. The fourth-order valence-corrected chi connectivity index (χ4v) is 7.15. The van der Waals surface area contributed by atoms with E-state index in [1.807, 2.05) is 0 Å². The number of carbonyl (C=O) groups is 2. The molecule has 4 fully saturated rings. The van der Waals surface area contributed by atoms with E-state index in [1.54, 1.807) is 0 Å². The quantitative estimate of drug-likeness (QED) is 0.592. The van der Waals surface area contributed by atoms with Crippen molar-refractivity contribution in [3.63, 3.8) is 0 Å². The van der Waals surface area contributed by atoms with Crippen LogP contribution in [0.1, 0.15) is 51.9 Å². The summed E-state index contributed by atoms with van der Waals surface area (Å²) < 4.78 is 5.03. The summed E-state index contributed by atoms with van der Waals surface area (Å²) in [6, 6.07) is 0. The Labute approximate surface area is 143 Å². The maximum Gasteiger partial charge on any atom is 0.309 e. The SMILES string of the molecule is C=C1C(=O)[C@@]23CC[C@@H]4[C@H](C(=O)OC)C[C@@H](O)C[C@@]4(C)[C@@H]2CC[C@@H]1C3. The number of fused-ring (bicyclic) bond motifs is 3. The number of rotatable bonds is 1. The summed E-state index contributed by atoms with van der Waals surface area (Å²) in [5.41, 5.74) is 0.392. The Hall–Kier alpha value is -1.16. The Bertz CT molecular complexity index is 611. The van der Waals surface area contributed by atoms with Gasteiger partial charge in [-0.2, -0.15) is 0 Å². The lowest BCUT2D eigenvalue weighted by Crippen LogP contribution is -2.58. The van der Waals surface area contributed by atoms with Crippen molar-refractivity contribution in [3.8, 4) is 0 Å². The van der Waals surface area contributed by atoms with Crippen LogP contribution in [0, 0.1) is 34.5 Å². The second-order valence-corrected chi connectivity index (χ2v) is 8.92. The predicted octanol–water partition coefficient (Wildman–Crippen LogP) is 2.89. The largest absolute Gasteiger partial charge is 0.469 e. The zero-order chi connectivity index (χ0) is 17.3. The van der Waals surface area contributed by atoms with Crippen molar-refractivity contribution in [1.29, 1.82) is 0 Å². The van der Waals surface area contributed by atoms with Gasteiger partial charge in [-0.05, 0) is 73.7 Å². The number of esters is 1. The van der Waals surface area contributed by atoms with Crippen LogP contribution in [0.15, 0.2) is 12.2 Å². The van der Waals surface area contributed by atoms with Crippen molar-refractivity contribution in [1.82, 2.24) is 0 Å². The van der Waals surface area contributed by atoms with Gasteiger partial charge >= 0.3 is 5.97 Å². The molecule has 1 spiro atoms. The van der Waals surface area contributed by atoms with Crippen molar-refractivity contribution in [2.45, 2.75) is 58.0 Å². The maximum absolute atomic E-state index is 13.1. The molecule has 0 aromatic rings. The molecule has 4 rings (SSSR count). The van der Waals surface area contributed by atoms with E-state index in [4.69, 9.17) is 4.74 Å². The van der Waals surface area contributed by atoms with E-state index >= 15 is 0 Å². The number of aliphatic hydroxyl groups is 1. The molecule has 7 atom stereocenters. The van der Waals surface area contributed by atoms with E-state index in [0.717, 1.165) is 37.7 Å². The normalized spacial score (nSPS) is 50.2. The van der Waals surface area contributed by atoms with Crippen LogP contribution in [0.5, 0.6) is 0 Å². The van der Waals surface area contributed by atoms with Gasteiger partial charge in [-0.1, -0.05) is 13.5 Å². The molecular formula is C20H28O4. The van der Waals surface area contributed by atoms with Gasteiger partial charge in [0.05, 0.1) is 19.1 Å². The van der Waals surface area contributed by atoms with Crippen molar-refractivity contribution >= 4 is 11.8 Å². The third kappa shape index (κ3) is 1.89. The first-order valence-corrected chi connectivity index (χ1v) is 9.33. The first kappa shape index (κ1) is 16.3. The molecule has 4 aliphatic rings. The minimum Gasteiger partial charge on any atom is -0.469 e. The number of ether oxygens (including phenoxy) is 1. The minimum absolute atomic E-state index is 0.167. The Morgan fingerprint density at radius 2 is 2.04 bits per heavy atom. The lowest BCUT2D eigenvalue weighted by Gasteiger charge is -2.61. The fourth-order valence-electron chi connectivity index (χ4n) is 7.15. The van der Waals surface area contributed by atoms with E-state index in [-0.39, 0.29) is 40.3 Å². The fraction of sp³-hybridized carbons (Fsp3) is 0.800. The van der Waals surface area contributed by atoms with Gasteiger partial charge < -0.3 is 9.84 Å². The molecule has 0 aliphatic heterocycles. The topological polar surface area (TPSA) is 63.6 Å². The molecule has 0 saturated heterocycles. The third-order valence-electron chi connectivity index (χ3n) is 8.05. The summed E-state index contributed by atoms with van der Waals surface area (Å²) in [6.07, 6.45) is 5.44. The van der Waals surface area contributed by atoms with E-state index in [1.165, 1.54) is 7.11 Å². The molecule has 24 heavy (non-hydrogen) atoms. The molecule has 1 N–H and O–H groups in total. The Morgan fingerprint density at radius 3 is 2.75 bits per heavy atom. The number of allylic oxidation sites excluding steroid dienone is 1. The zero-order valence-corrected chi connectivity index (χ0v) is 14.7. The molecule has 0 aromatic carbocycles. The van der Waals surface area contributed by atoms with Crippen LogP contribution in [0.4, 0.5) is 0 Å². The molecule has 0 amide bonds. The molecule has 0 unspecified atom stereocenters. The monoisotopic (exact) mass is 332 g/mol. The number of methoxy groups -OCH3 is 1. The summed E-state index contributed by atoms with van der Waals surface area (Å²) in [6.45, 7) is 6.31. The zero-order valence-electron chi connectivity index (χ0n) is 14.7. The number of hydrogen-bond donors (Lipinski definition) is 1. The molecule has 2 bridgehead atoms. The molecule has 132 valence electrons. The van der Waals surface area contributed by atoms with Gasteiger partial charge in [-0.3, -0.25) is 9.59 Å². The summed E-state index contributed by atoms with van der Waals surface area (Å²) in [5, 5.41) is 10.5. The Morgan fingerprint density at radius 1 is 1.29 bits per heavy atom. The van der Waals surface area contributed by atoms with Crippen molar-refractivity contribution < 1.29 is 19.4 Å². The van der Waals surface area contributed by atoms with E-state index in [0.29, 0.717) is 18.8 Å². The highest BCUT2D eigenvalue weighted by atomic mass is 16.5. The van der Waals surface area contributed by atoms with Crippen LogP contribution < -0.4 is 0 Å². The number of Topliss-reactive ketones (excluding diaryl/α,β-unsaturated/α-hetero) is 1. The maximum atomic E-state index is 13.1. The highest BCUT2D eigenvalue weighted by Gasteiger charge is 2.66. The molecule has 4 heteroatoms. The summed E-state index contributed by atoms with van der Waals surface area (Å²) in [5.74, 6) is 0.675. The molecule has 4 nitrogen and oxygen atoms in total. The van der Waals surface area contributed by atoms with Gasteiger partial charge in [0.1, 0.15) is 0 Å². The van der Waals surface area contributed by atoms with E-state index in [2.05, 4.69) is 13.5 Å². The van der Waals surface area contributed by atoms with Crippen LogP contribution in [-0.2, 0) is 14.3 Å². The molecule has 4 saturated carbocycles. The lowest BCUT2D eigenvalue weighted by atomic mass is 9.43. The van der Waals surface area contributed by atoms with Crippen LogP contribution in [-0.4, -0.2) is 30.1 Å². The third-order valence-corrected chi connectivity index (χ3v) is 8.05. The van der Waals surface area contributed by atoms with Gasteiger partial charge in [-0.25, -0.2) is 0 Å². The van der Waals surface area contributed by atoms with Gasteiger partial charge in [-0.15, -0.1) is 0 Å². The molecule has 0 aromatic heterocycles. The second kappa shape index (κ2) is 5.17. The first-order valence-electron chi connectivity index (χ1n) is 9.33. The predicted molar refractivity (Wildman–Crippen MR) is 89.0 cm³/mol. The summed E-state index contributed by atoms with van der Waals surface area (Å²) in [7, 11) is 1.43. The van der Waals surface area contributed by atoms with Crippen LogP contribution in [0.2, 0.25) is 0 Å². The average molecular weight is 332 g/mol. The van der Waals surface area contributed by atoms with Crippen molar-refractivity contribution in [2.75, 3.05) is 7.11 Å². The van der Waals surface area contributed by atoms with Crippen LogP contribution in [0.25, 0.3) is 0 Å². The Kier molecular flexibility index (Phi) is 3.51. The standard InChI is InChI=1S/C20H28O4/c1-11-12-4-5-16-19(2)10-13(21)8-14(18(23)24-3)15(19)6-7-20(16,9-12)17(11)22/h12-16,21H,1,4-10H2,2-3H3/t12-,13-,14-,15-,16+,19-,20-/m1/s1. The molecular weight excluding hydrogens is 304 g/mol. The first-order chi connectivity index (χ1) is 11.3. The van der Waals surface area contributed by atoms with Gasteiger partial charge in [0.25, 0.3) is 0 Å². The highest BCUT2D eigenvalue weighted by Crippen LogP contribution is 2.69. The molecule has 0 radical (unpaired) electrons. The highest BCUT2D eigenvalue weighted by molar-refractivity contribution is 6.03. The number of carbonyl (C=O) groups excluding carboxylic acids is 2. The van der Waals surface area contributed by atoms with Crippen molar-refractivity contribution in [3.05, 3.63) is 12.2 Å². The van der Waals surface area contributed by atoms with E-state index in [9.17, 15) is 14.7 Å².